The van der Waals surface area contributed by atoms with Gasteiger partial charge in [-0.3, -0.25) is 29.2 Å². The van der Waals surface area contributed by atoms with E-state index >= 15 is 0 Å². The van der Waals surface area contributed by atoms with Crippen LogP contribution in [0.4, 0.5) is 0 Å². The molecule has 5 heterocycles. The van der Waals surface area contributed by atoms with Gasteiger partial charge in [0.15, 0.2) is 0 Å². The molecule has 1 aromatic heterocycles. The van der Waals surface area contributed by atoms with Crippen LogP contribution in [0.5, 0.6) is 0 Å². The maximum Gasteiger partial charge on any atom is 0.271 e. The predicted molar refractivity (Wildman–Crippen MR) is 186 cm³/mol. The zero-order valence-electron chi connectivity index (χ0n) is 26.4. The van der Waals surface area contributed by atoms with E-state index in [1.54, 1.807) is 17.1 Å². The van der Waals surface area contributed by atoms with Crippen molar-refractivity contribution in [3.05, 3.63) is 16.1 Å². The number of fused-ring (bicyclic) bond motifs is 6. The number of nitrogens with one attached hydrogen (secondary N) is 3. The Balaban J connectivity index is 1.50. The van der Waals surface area contributed by atoms with Gasteiger partial charge in [0.25, 0.3) is 5.91 Å². The van der Waals surface area contributed by atoms with Gasteiger partial charge in [-0.25, -0.2) is 4.98 Å². The predicted octanol–water partition coefficient (Wildman–Crippen LogP) is 3.37. The van der Waals surface area contributed by atoms with Crippen LogP contribution in [0, 0.1) is 11.8 Å². The summed E-state index contributed by atoms with van der Waals surface area (Å²) in [6.45, 7) is 8.58. The maximum absolute atomic E-state index is 14.0. The molecular weight excluding hydrogens is 651 g/mol. The van der Waals surface area contributed by atoms with Crippen LogP contribution < -0.4 is 16.0 Å². The monoisotopic (exact) mass is 693 g/mol. The molecule has 246 valence electrons. The van der Waals surface area contributed by atoms with Crippen LogP contribution in [-0.2, 0) is 14.4 Å². The summed E-state index contributed by atoms with van der Waals surface area (Å²) in [4.78, 5) is 70.6. The van der Waals surface area contributed by atoms with Gasteiger partial charge >= 0.3 is 0 Å². The van der Waals surface area contributed by atoms with Gasteiger partial charge in [0, 0.05) is 23.4 Å². The number of amides is 4. The SMILES string of the molecule is CC[C@H](C)[C@@H]1NC(=O)[C@@H]2CSC(=N2)[C@@H]2CCCN2C(=O)[C@H](C(C)C)NC(=O)[C@@H]2CSC(=N2)[C@H](CCSC)NC(=O)c2csc1n2. The molecule has 4 aliphatic rings. The number of aliphatic imine (C=N–C) groups is 2. The van der Waals surface area contributed by atoms with Gasteiger partial charge in [0.1, 0.15) is 28.8 Å². The lowest BCUT2D eigenvalue weighted by Crippen LogP contribution is -2.55. The van der Waals surface area contributed by atoms with Crippen LogP contribution in [0.25, 0.3) is 0 Å². The lowest BCUT2D eigenvalue weighted by atomic mass is 9.99. The second-order valence-electron chi connectivity index (χ2n) is 12.3. The molecule has 1 fully saturated rings. The van der Waals surface area contributed by atoms with Crippen molar-refractivity contribution in [2.75, 3.05) is 30.1 Å². The largest absolute Gasteiger partial charge is 0.345 e. The summed E-state index contributed by atoms with van der Waals surface area (Å²) >= 11 is 6.04. The third-order valence-electron chi connectivity index (χ3n) is 8.75. The first-order chi connectivity index (χ1) is 21.6. The summed E-state index contributed by atoms with van der Waals surface area (Å²) in [5.41, 5.74) is 0.298. The van der Waals surface area contributed by atoms with E-state index in [4.69, 9.17) is 15.0 Å². The highest BCUT2D eigenvalue weighted by molar-refractivity contribution is 8.14. The van der Waals surface area contributed by atoms with E-state index in [2.05, 4.69) is 29.8 Å². The molecule has 6 bridgehead atoms. The molecule has 7 atom stereocenters. The highest BCUT2D eigenvalue weighted by Gasteiger charge is 2.42. The summed E-state index contributed by atoms with van der Waals surface area (Å²) in [6, 6.07) is -2.86. The minimum absolute atomic E-state index is 0.0894. The van der Waals surface area contributed by atoms with Gasteiger partial charge in [-0.15, -0.1) is 34.9 Å². The first-order valence-corrected chi connectivity index (χ1v) is 19.9. The second-order valence-corrected chi connectivity index (χ2v) is 16.2. The van der Waals surface area contributed by atoms with Gasteiger partial charge in [-0.2, -0.15) is 11.8 Å². The summed E-state index contributed by atoms with van der Waals surface area (Å²) in [7, 11) is 0. The van der Waals surface area contributed by atoms with Gasteiger partial charge in [0.2, 0.25) is 17.7 Å². The van der Waals surface area contributed by atoms with E-state index < -0.39 is 18.1 Å². The van der Waals surface area contributed by atoms with E-state index in [0.29, 0.717) is 40.2 Å². The molecule has 0 aliphatic carbocycles. The number of thiazole rings is 1. The van der Waals surface area contributed by atoms with Crippen LogP contribution >= 0.6 is 46.6 Å². The normalized spacial score (nSPS) is 30.2. The number of hydrogen-bond acceptors (Lipinski definition) is 11. The van der Waals surface area contributed by atoms with Crippen molar-refractivity contribution in [2.45, 2.75) is 89.6 Å². The standard InChI is InChI=1S/C30H43N7O4S4/c1-6-16(4)23-29-34-18(14-45-29)24(38)31-17(9-11-42-5)27-32-19(12-43-27)25(39)35-22(15(2)3)30(41)37-10-7-8-21(37)28-33-20(13-44-28)26(40)36-23/h14-17,19-23H,6-13H2,1-5H3,(H,31,38)(H,35,39)(H,36,40)/t16-,17-,19-,20-,21-,22-,23-/m0/s1. The molecule has 0 saturated carbocycles. The topological polar surface area (TPSA) is 145 Å². The molecule has 0 spiro atoms. The lowest BCUT2D eigenvalue weighted by molar-refractivity contribution is -0.137. The average molecular weight is 694 g/mol. The zero-order chi connectivity index (χ0) is 32.2. The number of hydrogen-bond donors (Lipinski definition) is 3. The van der Waals surface area contributed by atoms with Gasteiger partial charge in [-0.1, -0.05) is 34.1 Å². The first kappa shape index (κ1) is 34.2. The summed E-state index contributed by atoms with van der Waals surface area (Å²) in [6.07, 6.45) is 5.09. The highest BCUT2D eigenvalue weighted by Crippen LogP contribution is 2.32. The Bertz CT molecular complexity index is 1350. The minimum atomic E-state index is -0.704. The highest BCUT2D eigenvalue weighted by atomic mass is 32.2. The molecular formula is C30H43N7O4S4. The van der Waals surface area contributed by atoms with Gasteiger partial charge in [0.05, 0.1) is 28.2 Å². The van der Waals surface area contributed by atoms with Crippen LogP contribution in [-0.4, -0.2) is 104 Å². The zero-order valence-corrected chi connectivity index (χ0v) is 29.7. The molecule has 5 rings (SSSR count). The Kier molecular flexibility index (Phi) is 11.6. The van der Waals surface area contributed by atoms with Crippen molar-refractivity contribution < 1.29 is 19.2 Å². The molecule has 4 amide bonds. The van der Waals surface area contributed by atoms with E-state index in [0.717, 1.165) is 30.1 Å². The van der Waals surface area contributed by atoms with E-state index in [1.807, 2.05) is 25.0 Å². The molecule has 0 aromatic carbocycles. The molecule has 0 unspecified atom stereocenters. The van der Waals surface area contributed by atoms with Crippen molar-refractivity contribution in [1.29, 1.82) is 0 Å². The third-order valence-corrected chi connectivity index (χ3v) is 12.6. The van der Waals surface area contributed by atoms with E-state index in [-0.39, 0.29) is 53.6 Å². The molecule has 15 heteroatoms. The Morgan fingerprint density at radius 1 is 0.978 bits per heavy atom. The fraction of sp³-hybridized carbons (Fsp3) is 0.700. The van der Waals surface area contributed by atoms with Crippen molar-refractivity contribution in [1.82, 2.24) is 25.8 Å². The fourth-order valence-corrected chi connectivity index (χ4v) is 9.63. The van der Waals surface area contributed by atoms with Crippen LogP contribution in [0.15, 0.2) is 15.4 Å². The number of thioether (sulfide) groups is 3. The Morgan fingerprint density at radius 3 is 2.31 bits per heavy atom. The average Bonchev–Trinajstić information content (AvgIpc) is 3.85. The summed E-state index contributed by atoms with van der Waals surface area (Å²) in [5.74, 6) is 0.803. The van der Waals surface area contributed by atoms with Crippen LogP contribution in [0.2, 0.25) is 0 Å². The smallest absolute Gasteiger partial charge is 0.271 e. The lowest BCUT2D eigenvalue weighted by Gasteiger charge is -2.31. The van der Waals surface area contributed by atoms with Crippen LogP contribution in [0.3, 0.4) is 0 Å². The first-order valence-electron chi connectivity index (χ1n) is 15.7. The quantitative estimate of drug-likeness (QED) is 0.412. The molecule has 3 N–H and O–H groups in total. The number of carbonyl (C=O) groups excluding carboxylic acids is 4. The molecule has 11 nitrogen and oxygen atoms in total. The van der Waals surface area contributed by atoms with Crippen molar-refractivity contribution in [3.8, 4) is 0 Å². The maximum atomic E-state index is 14.0. The Hall–Kier alpha value is -2.10. The molecule has 4 aliphatic heterocycles. The molecule has 1 aromatic rings. The van der Waals surface area contributed by atoms with Gasteiger partial charge < -0.3 is 20.9 Å². The fourth-order valence-electron chi connectivity index (χ4n) is 5.85. The van der Waals surface area contributed by atoms with Crippen molar-refractivity contribution in [3.63, 3.8) is 0 Å². The van der Waals surface area contributed by atoms with Gasteiger partial charge in [-0.05, 0) is 43.1 Å². The molecule has 1 saturated heterocycles. The number of carbonyl (C=O) groups is 4. The Morgan fingerprint density at radius 2 is 1.64 bits per heavy atom. The van der Waals surface area contributed by atoms with Crippen molar-refractivity contribution >= 4 is 80.3 Å². The number of aromatic nitrogens is 1. The van der Waals surface area contributed by atoms with E-state index in [1.165, 1.54) is 34.9 Å². The van der Waals surface area contributed by atoms with Crippen LogP contribution in [0.1, 0.15) is 74.9 Å². The second kappa shape index (κ2) is 15.2. The molecule has 45 heavy (non-hydrogen) atoms. The molecule has 0 radical (unpaired) electrons. The number of nitrogens with zero attached hydrogens (tertiary/aromatic N) is 4. The minimum Gasteiger partial charge on any atom is -0.345 e. The summed E-state index contributed by atoms with van der Waals surface area (Å²) in [5, 5.41) is 13.2. The number of rotatable bonds is 6. The van der Waals surface area contributed by atoms with E-state index in [9.17, 15) is 19.2 Å². The summed E-state index contributed by atoms with van der Waals surface area (Å²) < 4.78 is 0. The third kappa shape index (κ3) is 7.73. The Labute approximate surface area is 281 Å². The van der Waals surface area contributed by atoms with Crippen molar-refractivity contribution in [2.24, 2.45) is 21.8 Å².